The maximum atomic E-state index is 3.70. The number of rotatable bonds is 6. The standard InChI is InChI=1S/C40H38Br2/c1-3-9-29-31-11-5-6-12-32(31)30(10-4-2)36-24-38-37(23-35(29)36)39(25-15-19-27(41)20-16-25)33-13-7-8-14-34(33)40(38)26-17-21-28(42)22-18-26/h5-6,11-12,15-24,33-34H,3-4,7-10,13-14H2,1-2H3. The van der Waals surface area contributed by atoms with Gasteiger partial charge in [0.25, 0.3) is 0 Å². The molecule has 0 saturated heterocycles. The van der Waals surface area contributed by atoms with E-state index in [-0.39, 0.29) is 0 Å². The Morgan fingerprint density at radius 2 is 0.952 bits per heavy atom. The summed E-state index contributed by atoms with van der Waals surface area (Å²) in [5, 5.41) is 8.75. The van der Waals surface area contributed by atoms with Gasteiger partial charge >= 0.3 is 0 Å². The van der Waals surface area contributed by atoms with Crippen molar-refractivity contribution in [2.45, 2.75) is 65.2 Å². The zero-order valence-corrected chi connectivity index (χ0v) is 27.8. The summed E-state index contributed by atoms with van der Waals surface area (Å²) >= 11 is 7.41. The van der Waals surface area contributed by atoms with E-state index >= 15 is 0 Å². The first-order valence-corrected chi connectivity index (χ1v) is 17.4. The van der Waals surface area contributed by atoms with Crippen molar-refractivity contribution in [2.75, 3.05) is 0 Å². The summed E-state index contributed by atoms with van der Waals surface area (Å²) < 4.78 is 2.29. The molecule has 42 heavy (non-hydrogen) atoms. The van der Waals surface area contributed by atoms with Gasteiger partial charge < -0.3 is 0 Å². The van der Waals surface area contributed by atoms with Crippen molar-refractivity contribution in [3.05, 3.63) is 127 Å². The van der Waals surface area contributed by atoms with E-state index in [0.29, 0.717) is 11.8 Å². The average molecular weight is 679 g/mol. The second-order valence-corrected chi connectivity index (χ2v) is 14.1. The molecule has 2 aliphatic carbocycles. The van der Waals surface area contributed by atoms with Gasteiger partial charge in [0.05, 0.1) is 0 Å². The van der Waals surface area contributed by atoms with Crippen LogP contribution in [-0.4, -0.2) is 0 Å². The molecule has 212 valence electrons. The van der Waals surface area contributed by atoms with Gasteiger partial charge in [-0.2, -0.15) is 0 Å². The van der Waals surface area contributed by atoms with Crippen LogP contribution in [0.15, 0.2) is 93.9 Å². The quantitative estimate of drug-likeness (QED) is 0.157. The number of aryl methyl sites for hydroxylation is 2. The molecular weight excluding hydrogens is 640 g/mol. The Morgan fingerprint density at radius 1 is 0.548 bits per heavy atom. The van der Waals surface area contributed by atoms with Gasteiger partial charge in [-0.1, -0.05) is 120 Å². The highest BCUT2D eigenvalue weighted by Crippen LogP contribution is 2.46. The molecule has 0 amide bonds. The van der Waals surface area contributed by atoms with Crippen LogP contribution in [-0.2, 0) is 12.8 Å². The molecular formula is C40H38Br2. The maximum absolute atomic E-state index is 3.70. The van der Waals surface area contributed by atoms with Crippen molar-refractivity contribution in [3.63, 3.8) is 0 Å². The molecule has 2 heteroatoms. The first kappa shape index (κ1) is 28.1. The van der Waals surface area contributed by atoms with Crippen molar-refractivity contribution in [1.82, 2.24) is 0 Å². The maximum Gasteiger partial charge on any atom is 0.0175 e. The van der Waals surface area contributed by atoms with Crippen molar-refractivity contribution >= 4 is 64.6 Å². The molecule has 7 rings (SSSR count). The van der Waals surface area contributed by atoms with E-state index in [0.717, 1.165) is 34.6 Å². The Hall–Kier alpha value is -2.68. The van der Waals surface area contributed by atoms with E-state index in [2.05, 4.69) is 131 Å². The minimum absolute atomic E-state index is 0.536. The monoisotopic (exact) mass is 676 g/mol. The van der Waals surface area contributed by atoms with Crippen LogP contribution in [0.1, 0.15) is 74.6 Å². The third-order valence-corrected chi connectivity index (χ3v) is 10.8. The molecule has 1 fully saturated rings. The molecule has 5 aromatic carbocycles. The SMILES string of the molecule is CCCc1c2ccccc2c(CCC)c2cc3c(cc12)=C(c1ccc(Br)cc1)C1CCCCC1C=3c1ccc(Br)cc1. The van der Waals surface area contributed by atoms with Gasteiger partial charge in [0.1, 0.15) is 0 Å². The van der Waals surface area contributed by atoms with Crippen LogP contribution in [0, 0.1) is 11.8 Å². The lowest BCUT2D eigenvalue weighted by molar-refractivity contribution is 0.352. The summed E-state index contributed by atoms with van der Waals surface area (Å²) in [5.41, 5.74) is 8.96. The van der Waals surface area contributed by atoms with Crippen molar-refractivity contribution in [3.8, 4) is 0 Å². The molecule has 0 bridgehead atoms. The predicted octanol–water partition coefficient (Wildman–Crippen LogP) is 10.6. The van der Waals surface area contributed by atoms with E-state index in [9.17, 15) is 0 Å². The lowest BCUT2D eigenvalue weighted by Gasteiger charge is -2.39. The number of fused-ring (bicyclic) bond motifs is 4. The summed E-state index contributed by atoms with van der Waals surface area (Å²) in [5.74, 6) is 1.07. The lowest BCUT2D eigenvalue weighted by atomic mass is 9.65. The fourth-order valence-corrected chi connectivity index (χ4v) is 8.63. The van der Waals surface area contributed by atoms with Gasteiger partial charge in [-0.15, -0.1) is 0 Å². The van der Waals surface area contributed by atoms with Crippen LogP contribution in [0.25, 0.3) is 32.7 Å². The summed E-state index contributed by atoms with van der Waals surface area (Å²) in [6.45, 7) is 4.65. The van der Waals surface area contributed by atoms with Crippen LogP contribution in [0.3, 0.4) is 0 Å². The van der Waals surface area contributed by atoms with Crippen LogP contribution in [0.4, 0.5) is 0 Å². The Balaban J connectivity index is 1.72. The third-order valence-electron chi connectivity index (χ3n) is 9.78. The van der Waals surface area contributed by atoms with Crippen LogP contribution < -0.4 is 10.4 Å². The third kappa shape index (κ3) is 4.80. The minimum atomic E-state index is 0.536. The molecule has 0 aliphatic heterocycles. The van der Waals surface area contributed by atoms with Crippen molar-refractivity contribution < 1.29 is 0 Å². The van der Waals surface area contributed by atoms with Crippen molar-refractivity contribution in [2.24, 2.45) is 11.8 Å². The summed E-state index contributed by atoms with van der Waals surface area (Å²) in [4.78, 5) is 0. The van der Waals surface area contributed by atoms with E-state index in [1.165, 1.54) is 79.9 Å². The highest BCUT2D eigenvalue weighted by Gasteiger charge is 2.35. The van der Waals surface area contributed by atoms with Gasteiger partial charge in [0.2, 0.25) is 0 Å². The number of hydrogen-bond donors (Lipinski definition) is 0. The first-order chi connectivity index (χ1) is 20.6. The Kier molecular flexibility index (Phi) is 7.88. The topological polar surface area (TPSA) is 0 Å². The number of benzene rings is 5. The van der Waals surface area contributed by atoms with Gasteiger partial charge in [0.15, 0.2) is 0 Å². The molecule has 1 saturated carbocycles. The lowest BCUT2D eigenvalue weighted by Crippen LogP contribution is -2.42. The van der Waals surface area contributed by atoms with Crippen LogP contribution in [0.5, 0.6) is 0 Å². The Bertz CT molecular complexity index is 1770. The molecule has 2 atom stereocenters. The molecule has 0 radical (unpaired) electrons. The smallest absolute Gasteiger partial charge is 0.0175 e. The molecule has 0 nitrogen and oxygen atoms in total. The van der Waals surface area contributed by atoms with Crippen molar-refractivity contribution in [1.29, 1.82) is 0 Å². The largest absolute Gasteiger partial charge is 0.0651 e. The molecule has 2 unspecified atom stereocenters. The Labute approximate surface area is 266 Å². The summed E-state index contributed by atoms with van der Waals surface area (Å²) in [6.07, 6.45) is 9.63. The van der Waals surface area contributed by atoms with E-state index in [1.807, 2.05) is 0 Å². The highest BCUT2D eigenvalue weighted by molar-refractivity contribution is 9.10. The molecule has 0 heterocycles. The highest BCUT2D eigenvalue weighted by atomic mass is 79.9. The summed E-state index contributed by atoms with van der Waals surface area (Å²) in [6, 6.07) is 32.7. The molecule has 0 spiro atoms. The van der Waals surface area contributed by atoms with Gasteiger partial charge in [-0.25, -0.2) is 0 Å². The van der Waals surface area contributed by atoms with Crippen LogP contribution in [0.2, 0.25) is 0 Å². The molecule has 2 aliphatic rings. The van der Waals surface area contributed by atoms with Gasteiger partial charge in [0, 0.05) is 8.95 Å². The Morgan fingerprint density at radius 3 is 1.33 bits per heavy atom. The normalized spacial score (nSPS) is 18.4. The fourth-order valence-electron chi connectivity index (χ4n) is 8.10. The number of hydrogen-bond acceptors (Lipinski definition) is 0. The second-order valence-electron chi connectivity index (χ2n) is 12.3. The fraction of sp³-hybridized carbons (Fsp3) is 0.300. The zero-order valence-electron chi connectivity index (χ0n) is 24.7. The zero-order chi connectivity index (χ0) is 28.8. The molecule has 0 aromatic heterocycles. The van der Waals surface area contributed by atoms with Gasteiger partial charge in [-0.05, 0) is 139 Å². The summed E-state index contributed by atoms with van der Waals surface area (Å²) in [7, 11) is 0. The first-order valence-electron chi connectivity index (χ1n) is 15.9. The average Bonchev–Trinajstić information content (AvgIpc) is 3.02. The van der Waals surface area contributed by atoms with E-state index in [4.69, 9.17) is 0 Å². The second kappa shape index (κ2) is 11.8. The minimum Gasteiger partial charge on any atom is -0.0651 e. The predicted molar refractivity (Wildman–Crippen MR) is 187 cm³/mol. The van der Waals surface area contributed by atoms with E-state index in [1.54, 1.807) is 11.1 Å². The van der Waals surface area contributed by atoms with Gasteiger partial charge in [-0.3, -0.25) is 0 Å². The molecule has 0 N–H and O–H groups in total. The van der Waals surface area contributed by atoms with E-state index < -0.39 is 0 Å². The van der Waals surface area contributed by atoms with Crippen LogP contribution >= 0.6 is 31.9 Å². The molecule has 5 aromatic rings. The number of halogens is 2.